The van der Waals surface area contributed by atoms with Gasteiger partial charge in [0.1, 0.15) is 11.6 Å². The number of alkyl halides is 1. The molecule has 1 atom stereocenters. The molecule has 0 spiro atoms. The first-order valence-electron chi connectivity index (χ1n) is 5.44. The zero-order chi connectivity index (χ0) is 14.2. The molecule has 2 rings (SSSR count). The van der Waals surface area contributed by atoms with Gasteiger partial charge < -0.3 is 0 Å². The third-order valence-corrected chi connectivity index (χ3v) is 5.38. The Morgan fingerprint density at radius 2 is 1.84 bits per heavy atom. The van der Waals surface area contributed by atoms with E-state index in [1.807, 2.05) is 12.1 Å². The second kappa shape index (κ2) is 6.06. The maximum absolute atomic E-state index is 13.8. The summed E-state index contributed by atoms with van der Waals surface area (Å²) in [6.07, 6.45) is 0. The lowest BCUT2D eigenvalue weighted by Crippen LogP contribution is -1.99. The van der Waals surface area contributed by atoms with Gasteiger partial charge in [-0.1, -0.05) is 33.6 Å². The second-order valence-electron chi connectivity index (χ2n) is 4.16. The molecule has 0 heterocycles. The molecule has 0 nitrogen and oxygen atoms in total. The van der Waals surface area contributed by atoms with Gasteiger partial charge in [-0.3, -0.25) is 0 Å². The van der Waals surface area contributed by atoms with E-state index in [9.17, 15) is 8.78 Å². The molecule has 19 heavy (non-hydrogen) atoms. The smallest absolute Gasteiger partial charge is 0.130 e. The monoisotopic (exact) mass is 456 g/mol. The van der Waals surface area contributed by atoms with E-state index in [1.165, 1.54) is 6.07 Å². The predicted molar refractivity (Wildman–Crippen MR) is 86.0 cm³/mol. The standard InChI is InChI=1S/C14H9BrClF2I/c1-7-4-9(12(18)6-11(7)17)14(15)8-2-3-13(19)10(16)5-8/h2-6,14H,1H3. The lowest BCUT2D eigenvalue weighted by molar-refractivity contribution is 0.569. The van der Waals surface area contributed by atoms with Crippen molar-refractivity contribution in [2.24, 2.45) is 0 Å². The van der Waals surface area contributed by atoms with E-state index in [2.05, 4.69) is 38.5 Å². The summed E-state index contributed by atoms with van der Waals surface area (Å²) < 4.78 is 28.0. The van der Waals surface area contributed by atoms with E-state index in [1.54, 1.807) is 13.0 Å². The van der Waals surface area contributed by atoms with Crippen LogP contribution >= 0.6 is 50.1 Å². The topological polar surface area (TPSA) is 0 Å². The van der Waals surface area contributed by atoms with Crippen LogP contribution < -0.4 is 0 Å². The molecule has 0 N–H and O–H groups in total. The average Bonchev–Trinajstić information content (AvgIpc) is 2.36. The average molecular weight is 457 g/mol. The van der Waals surface area contributed by atoms with E-state index >= 15 is 0 Å². The molecule has 0 bridgehead atoms. The zero-order valence-corrected chi connectivity index (χ0v) is 14.4. The van der Waals surface area contributed by atoms with Crippen molar-refractivity contribution in [2.75, 3.05) is 0 Å². The number of rotatable bonds is 2. The molecule has 2 aromatic carbocycles. The van der Waals surface area contributed by atoms with Crippen molar-refractivity contribution < 1.29 is 8.78 Å². The molecule has 5 heteroatoms. The minimum absolute atomic E-state index is 0.360. The maximum atomic E-state index is 13.8. The van der Waals surface area contributed by atoms with Gasteiger partial charge >= 0.3 is 0 Å². The second-order valence-corrected chi connectivity index (χ2v) is 6.64. The largest absolute Gasteiger partial charge is 0.207 e. The molecule has 1 unspecified atom stereocenters. The highest BCUT2D eigenvalue weighted by Crippen LogP contribution is 2.35. The minimum atomic E-state index is -0.570. The van der Waals surface area contributed by atoms with Gasteiger partial charge in [-0.15, -0.1) is 0 Å². The highest BCUT2D eigenvalue weighted by atomic mass is 127. The Labute approximate surface area is 137 Å². The zero-order valence-electron chi connectivity index (χ0n) is 9.85. The number of aryl methyl sites for hydroxylation is 1. The Morgan fingerprint density at radius 3 is 2.47 bits per heavy atom. The van der Waals surface area contributed by atoms with Gasteiger partial charge in [-0.2, -0.15) is 0 Å². The lowest BCUT2D eigenvalue weighted by Gasteiger charge is -2.14. The summed E-state index contributed by atoms with van der Waals surface area (Å²) in [5, 5.41) is 0.613. The molecule has 0 amide bonds. The van der Waals surface area contributed by atoms with Crippen molar-refractivity contribution in [1.82, 2.24) is 0 Å². The third kappa shape index (κ3) is 3.28. The molecule has 0 saturated carbocycles. The fraction of sp³-hybridized carbons (Fsp3) is 0.143. The number of benzene rings is 2. The minimum Gasteiger partial charge on any atom is -0.207 e. The first kappa shape index (κ1) is 15.2. The van der Waals surface area contributed by atoms with E-state index in [0.717, 1.165) is 15.2 Å². The molecule has 100 valence electrons. The Morgan fingerprint density at radius 1 is 1.16 bits per heavy atom. The first-order chi connectivity index (χ1) is 8.90. The molecule has 0 aliphatic rings. The Bertz CT molecular complexity index is 631. The molecule has 0 radical (unpaired) electrons. The van der Waals surface area contributed by atoms with Crippen LogP contribution in [0, 0.1) is 22.1 Å². The van der Waals surface area contributed by atoms with Gasteiger partial charge in [0.2, 0.25) is 0 Å². The Hall–Kier alpha value is -0.200. The molecule has 0 aliphatic carbocycles. The van der Waals surface area contributed by atoms with Gasteiger partial charge in [0.05, 0.1) is 9.85 Å². The fourth-order valence-electron chi connectivity index (χ4n) is 1.72. The molecule has 2 aromatic rings. The summed E-state index contributed by atoms with van der Waals surface area (Å²) in [6, 6.07) is 7.93. The summed E-state index contributed by atoms with van der Waals surface area (Å²) in [7, 11) is 0. The van der Waals surface area contributed by atoms with Gasteiger partial charge in [-0.05, 0) is 58.8 Å². The highest BCUT2D eigenvalue weighted by molar-refractivity contribution is 14.1. The van der Waals surface area contributed by atoms with Crippen molar-refractivity contribution in [1.29, 1.82) is 0 Å². The maximum Gasteiger partial charge on any atom is 0.130 e. The normalized spacial score (nSPS) is 12.5. The lowest BCUT2D eigenvalue weighted by atomic mass is 10.0. The summed E-state index contributed by atoms with van der Waals surface area (Å²) >= 11 is 11.6. The molecule has 0 fully saturated rings. The fourth-order valence-corrected chi connectivity index (χ4v) is 2.88. The Kier molecular flexibility index (Phi) is 4.84. The van der Waals surface area contributed by atoms with Crippen LogP contribution in [0.2, 0.25) is 5.02 Å². The van der Waals surface area contributed by atoms with Crippen molar-refractivity contribution in [3.63, 3.8) is 0 Å². The van der Waals surface area contributed by atoms with E-state index in [-0.39, 0.29) is 4.83 Å². The van der Waals surface area contributed by atoms with Gasteiger partial charge in [-0.25, -0.2) is 8.78 Å². The van der Waals surface area contributed by atoms with Crippen LogP contribution in [0.5, 0.6) is 0 Å². The van der Waals surface area contributed by atoms with Crippen LogP contribution in [0.3, 0.4) is 0 Å². The first-order valence-corrected chi connectivity index (χ1v) is 7.82. The van der Waals surface area contributed by atoms with Crippen LogP contribution in [0.1, 0.15) is 21.5 Å². The van der Waals surface area contributed by atoms with Gasteiger partial charge in [0.25, 0.3) is 0 Å². The van der Waals surface area contributed by atoms with Crippen LogP contribution in [-0.2, 0) is 0 Å². The van der Waals surface area contributed by atoms with E-state index in [0.29, 0.717) is 16.1 Å². The summed E-state index contributed by atoms with van der Waals surface area (Å²) in [5.74, 6) is -1.11. The summed E-state index contributed by atoms with van der Waals surface area (Å²) in [6.45, 7) is 1.61. The predicted octanol–water partition coefficient (Wildman–Crippen LogP) is 6.02. The van der Waals surface area contributed by atoms with Crippen LogP contribution in [0.15, 0.2) is 30.3 Å². The summed E-state index contributed by atoms with van der Waals surface area (Å²) in [5.41, 5.74) is 1.64. The van der Waals surface area contributed by atoms with Crippen molar-refractivity contribution in [3.05, 3.63) is 67.2 Å². The molecular weight excluding hydrogens is 448 g/mol. The van der Waals surface area contributed by atoms with Gasteiger partial charge in [0, 0.05) is 15.2 Å². The SMILES string of the molecule is Cc1cc(C(Br)c2ccc(I)c(Cl)c2)c(F)cc1F. The van der Waals surface area contributed by atoms with E-state index < -0.39 is 11.6 Å². The molecule has 0 saturated heterocycles. The number of hydrogen-bond acceptors (Lipinski definition) is 0. The number of hydrogen-bond donors (Lipinski definition) is 0. The van der Waals surface area contributed by atoms with E-state index in [4.69, 9.17) is 11.6 Å². The molecule has 0 aromatic heterocycles. The number of halogens is 5. The molecule has 0 aliphatic heterocycles. The van der Waals surface area contributed by atoms with Crippen LogP contribution in [-0.4, -0.2) is 0 Å². The van der Waals surface area contributed by atoms with Crippen molar-refractivity contribution >= 4 is 50.1 Å². The quantitative estimate of drug-likeness (QED) is 0.382. The van der Waals surface area contributed by atoms with Crippen molar-refractivity contribution in [2.45, 2.75) is 11.8 Å². The Balaban J connectivity index is 2.46. The van der Waals surface area contributed by atoms with Crippen molar-refractivity contribution in [3.8, 4) is 0 Å². The van der Waals surface area contributed by atoms with Crippen LogP contribution in [0.4, 0.5) is 8.78 Å². The third-order valence-electron chi connectivity index (χ3n) is 2.79. The molecular formula is C14H9BrClF2I. The summed E-state index contributed by atoms with van der Waals surface area (Å²) in [4.78, 5) is -0.360. The van der Waals surface area contributed by atoms with Gasteiger partial charge in [0.15, 0.2) is 0 Å². The highest BCUT2D eigenvalue weighted by Gasteiger charge is 2.17. The van der Waals surface area contributed by atoms with Crippen LogP contribution in [0.25, 0.3) is 0 Å².